The van der Waals surface area contributed by atoms with E-state index in [9.17, 15) is 19.7 Å². The molecule has 0 fully saturated rings. The molecule has 0 bridgehead atoms. The van der Waals surface area contributed by atoms with E-state index in [0.29, 0.717) is 0 Å². The van der Waals surface area contributed by atoms with Crippen molar-refractivity contribution in [2.75, 3.05) is 0 Å². The van der Waals surface area contributed by atoms with Gasteiger partial charge >= 0.3 is 11.6 Å². The fourth-order valence-electron chi connectivity index (χ4n) is 1.39. The largest absolute Gasteiger partial charge is 0.475 e. The molecule has 86 valence electrons. The zero-order valence-corrected chi connectivity index (χ0v) is 8.25. The molecule has 0 amide bonds. The first kappa shape index (κ1) is 10.8. The molecule has 0 saturated heterocycles. The maximum Gasteiger partial charge on any atom is 0.371 e. The van der Waals surface area contributed by atoms with Gasteiger partial charge in [-0.3, -0.25) is 10.1 Å². The lowest BCUT2D eigenvalue weighted by Gasteiger charge is -1.98. The van der Waals surface area contributed by atoms with Gasteiger partial charge in [-0.1, -0.05) is 0 Å². The minimum Gasteiger partial charge on any atom is -0.475 e. The Morgan fingerprint density at radius 3 is 2.65 bits per heavy atom. The summed E-state index contributed by atoms with van der Waals surface area (Å²) >= 11 is 0. The van der Waals surface area contributed by atoms with Crippen molar-refractivity contribution in [3.8, 4) is 0 Å². The van der Waals surface area contributed by atoms with Gasteiger partial charge in [0.2, 0.25) is 5.76 Å². The van der Waals surface area contributed by atoms with E-state index in [-0.39, 0.29) is 16.5 Å². The molecule has 1 heterocycles. The highest BCUT2D eigenvalue weighted by atomic mass is 16.6. The molecule has 2 aromatic rings. The predicted molar refractivity (Wildman–Crippen MR) is 56.1 cm³/mol. The topological polar surface area (TPSA) is 111 Å². The van der Waals surface area contributed by atoms with Crippen molar-refractivity contribution in [2.45, 2.75) is 0 Å². The molecule has 0 atom stereocenters. The van der Waals surface area contributed by atoms with Crippen LogP contribution in [0.2, 0.25) is 0 Å². The van der Waals surface area contributed by atoms with Gasteiger partial charge in [-0.25, -0.2) is 9.59 Å². The zero-order valence-electron chi connectivity index (χ0n) is 8.25. The summed E-state index contributed by atoms with van der Waals surface area (Å²) in [6.07, 6.45) is 0. The van der Waals surface area contributed by atoms with Gasteiger partial charge in [0.15, 0.2) is 0 Å². The van der Waals surface area contributed by atoms with E-state index in [1.165, 1.54) is 12.1 Å². The van der Waals surface area contributed by atoms with E-state index in [1.807, 2.05) is 0 Å². The van der Waals surface area contributed by atoms with Crippen LogP contribution in [-0.4, -0.2) is 16.0 Å². The second-order valence-corrected chi connectivity index (χ2v) is 3.23. The third kappa shape index (κ3) is 1.85. The summed E-state index contributed by atoms with van der Waals surface area (Å²) in [4.78, 5) is 31.9. The number of benzene rings is 1. The number of nitrogens with zero attached hydrogens (tertiary/aromatic N) is 1. The maximum absolute atomic E-state index is 11.4. The molecule has 0 radical (unpaired) electrons. The number of non-ortho nitro benzene ring substituents is 1. The molecular formula is C10H5NO6. The number of carboxylic acid groups (broad SMARTS) is 1. The smallest absolute Gasteiger partial charge is 0.371 e. The number of nitro groups is 1. The lowest BCUT2D eigenvalue weighted by molar-refractivity contribution is -0.384. The molecule has 7 heteroatoms. The number of hydrogen-bond donors (Lipinski definition) is 1. The van der Waals surface area contributed by atoms with E-state index >= 15 is 0 Å². The van der Waals surface area contributed by atoms with Gasteiger partial charge in [-0.15, -0.1) is 0 Å². The summed E-state index contributed by atoms with van der Waals surface area (Å²) in [5, 5.41) is 19.4. The van der Waals surface area contributed by atoms with E-state index in [4.69, 9.17) is 5.11 Å². The van der Waals surface area contributed by atoms with Crippen molar-refractivity contribution >= 4 is 22.4 Å². The summed E-state index contributed by atoms with van der Waals surface area (Å²) < 4.78 is 4.51. The van der Waals surface area contributed by atoms with Gasteiger partial charge in [-0.05, 0) is 17.5 Å². The Balaban J connectivity index is 2.77. The Labute approximate surface area is 93.1 Å². The van der Waals surface area contributed by atoms with Crippen LogP contribution >= 0.6 is 0 Å². The minimum atomic E-state index is -1.37. The first-order chi connectivity index (χ1) is 7.99. The average molecular weight is 235 g/mol. The van der Waals surface area contributed by atoms with Gasteiger partial charge in [0.1, 0.15) is 0 Å². The van der Waals surface area contributed by atoms with Crippen LogP contribution in [-0.2, 0) is 0 Å². The van der Waals surface area contributed by atoms with Crippen molar-refractivity contribution in [3.63, 3.8) is 0 Å². The van der Waals surface area contributed by atoms with Crippen molar-refractivity contribution < 1.29 is 19.2 Å². The average Bonchev–Trinajstić information content (AvgIpc) is 2.28. The monoisotopic (exact) mass is 235 g/mol. The molecule has 17 heavy (non-hydrogen) atoms. The predicted octanol–water partition coefficient (Wildman–Crippen LogP) is 1.40. The fraction of sp³-hybridized carbons (Fsp3) is 0. The van der Waals surface area contributed by atoms with Gasteiger partial charge in [-0.2, -0.15) is 0 Å². The van der Waals surface area contributed by atoms with Gasteiger partial charge in [0.25, 0.3) is 5.69 Å². The van der Waals surface area contributed by atoms with Crippen molar-refractivity contribution in [1.82, 2.24) is 0 Å². The molecule has 1 aromatic carbocycles. The summed E-state index contributed by atoms with van der Waals surface area (Å²) in [6.45, 7) is 0. The first-order valence-corrected chi connectivity index (χ1v) is 4.44. The Morgan fingerprint density at radius 1 is 1.35 bits per heavy atom. The van der Waals surface area contributed by atoms with E-state index in [2.05, 4.69) is 4.42 Å². The summed E-state index contributed by atoms with van der Waals surface area (Å²) in [5.41, 5.74) is -1.17. The second-order valence-electron chi connectivity index (χ2n) is 3.23. The molecule has 0 aliphatic rings. The zero-order chi connectivity index (χ0) is 12.6. The highest BCUT2D eigenvalue weighted by molar-refractivity contribution is 5.91. The molecule has 0 aliphatic heterocycles. The first-order valence-electron chi connectivity index (χ1n) is 4.44. The maximum atomic E-state index is 11.4. The molecule has 7 nitrogen and oxygen atoms in total. The number of aromatic carboxylic acids is 1. The van der Waals surface area contributed by atoms with Crippen LogP contribution in [0.5, 0.6) is 0 Å². The molecule has 0 spiro atoms. The third-order valence-electron chi connectivity index (χ3n) is 2.17. The van der Waals surface area contributed by atoms with Crippen molar-refractivity contribution in [3.05, 3.63) is 50.6 Å². The fourth-order valence-corrected chi connectivity index (χ4v) is 1.39. The van der Waals surface area contributed by atoms with Crippen LogP contribution in [0.4, 0.5) is 5.69 Å². The Hall–Kier alpha value is -2.70. The van der Waals surface area contributed by atoms with Crippen LogP contribution in [0, 0.1) is 10.1 Å². The summed E-state index contributed by atoms with van der Waals surface area (Å²) in [6, 6.07) is 4.68. The molecule has 1 N–H and O–H groups in total. The Morgan fingerprint density at radius 2 is 2.06 bits per heavy atom. The van der Waals surface area contributed by atoms with Crippen LogP contribution in [0.15, 0.2) is 33.5 Å². The SMILES string of the molecule is O=C(O)c1cc2ccc([N+](=O)[O-])cc2c(=O)o1. The number of rotatable bonds is 2. The molecule has 0 aliphatic carbocycles. The highest BCUT2D eigenvalue weighted by Gasteiger charge is 2.13. The molecule has 1 aromatic heterocycles. The van der Waals surface area contributed by atoms with E-state index < -0.39 is 22.3 Å². The van der Waals surface area contributed by atoms with Crippen LogP contribution in [0.1, 0.15) is 10.6 Å². The van der Waals surface area contributed by atoms with Crippen LogP contribution < -0.4 is 5.63 Å². The summed E-state index contributed by atoms with van der Waals surface area (Å²) in [5.74, 6) is -1.88. The van der Waals surface area contributed by atoms with Crippen molar-refractivity contribution in [2.24, 2.45) is 0 Å². The van der Waals surface area contributed by atoms with Crippen LogP contribution in [0.25, 0.3) is 10.8 Å². The van der Waals surface area contributed by atoms with Gasteiger partial charge in [0, 0.05) is 12.1 Å². The Bertz CT molecular complexity index is 687. The molecule has 0 saturated carbocycles. The summed E-state index contributed by atoms with van der Waals surface area (Å²) in [7, 11) is 0. The van der Waals surface area contributed by atoms with E-state index in [1.54, 1.807) is 0 Å². The highest BCUT2D eigenvalue weighted by Crippen LogP contribution is 2.19. The number of carbonyl (C=O) groups is 1. The van der Waals surface area contributed by atoms with Crippen LogP contribution in [0.3, 0.4) is 0 Å². The Kier molecular flexibility index (Phi) is 2.36. The second kappa shape index (κ2) is 3.71. The number of nitro benzene ring substituents is 1. The lowest BCUT2D eigenvalue weighted by atomic mass is 10.1. The number of fused-ring (bicyclic) bond motifs is 1. The lowest BCUT2D eigenvalue weighted by Crippen LogP contribution is -2.06. The van der Waals surface area contributed by atoms with Gasteiger partial charge in [0.05, 0.1) is 10.3 Å². The van der Waals surface area contributed by atoms with Crippen molar-refractivity contribution in [1.29, 1.82) is 0 Å². The number of hydrogen-bond acceptors (Lipinski definition) is 5. The standard InChI is InChI=1S/C10H5NO6/c12-9(13)8-3-5-1-2-6(11(15)16)4-7(5)10(14)17-8/h1-4H,(H,12,13). The van der Waals surface area contributed by atoms with Gasteiger partial charge < -0.3 is 9.52 Å². The molecular weight excluding hydrogens is 230 g/mol. The molecule has 0 unspecified atom stereocenters. The third-order valence-corrected chi connectivity index (χ3v) is 2.17. The number of carboxylic acids is 1. The normalized spacial score (nSPS) is 10.4. The van der Waals surface area contributed by atoms with E-state index in [0.717, 1.165) is 12.1 Å². The minimum absolute atomic E-state index is 0.0239. The quantitative estimate of drug-likeness (QED) is 0.622. The molecule has 2 rings (SSSR count).